The van der Waals surface area contributed by atoms with Crippen molar-refractivity contribution in [1.29, 1.82) is 0 Å². The molecule has 2 aromatic rings. The summed E-state index contributed by atoms with van der Waals surface area (Å²) in [5.74, 6) is 1.53. The molecule has 1 heterocycles. The maximum atomic E-state index is 5.37. The first-order chi connectivity index (χ1) is 9.71. The van der Waals surface area contributed by atoms with Crippen LogP contribution in [0.4, 0.5) is 5.69 Å². The highest BCUT2D eigenvalue weighted by Crippen LogP contribution is 2.38. The van der Waals surface area contributed by atoms with E-state index < -0.39 is 0 Å². The first-order valence-electron chi connectivity index (χ1n) is 6.48. The number of ether oxygens (including phenoxy) is 2. The van der Waals surface area contributed by atoms with E-state index in [9.17, 15) is 0 Å². The third-order valence-corrected chi connectivity index (χ3v) is 4.12. The quantitative estimate of drug-likeness (QED) is 0.914. The molecule has 0 saturated carbocycles. The molecule has 104 valence electrons. The molecule has 1 N–H and O–H groups in total. The van der Waals surface area contributed by atoms with Crippen LogP contribution in [0.3, 0.4) is 0 Å². The van der Waals surface area contributed by atoms with E-state index in [0.717, 1.165) is 22.4 Å². The Labute approximate surface area is 127 Å². The van der Waals surface area contributed by atoms with Gasteiger partial charge in [-0.25, -0.2) is 0 Å². The van der Waals surface area contributed by atoms with Gasteiger partial charge in [0.15, 0.2) is 11.5 Å². The van der Waals surface area contributed by atoms with Gasteiger partial charge in [-0.1, -0.05) is 22.0 Å². The molecule has 20 heavy (non-hydrogen) atoms. The van der Waals surface area contributed by atoms with Crippen molar-refractivity contribution in [2.24, 2.45) is 0 Å². The molecule has 1 atom stereocenters. The Balaban J connectivity index is 1.89. The number of fused-ring (bicyclic) bond motifs is 1. The standard InChI is InChI=1S/C16H16BrNO2/c1-19-15-6-3-10(9-16(15)20-2)14-8-11-7-12(17)4-5-13(11)18-14/h3-7,9,14,18H,8H2,1-2H3. The van der Waals surface area contributed by atoms with Crippen LogP contribution in [0.5, 0.6) is 11.5 Å². The van der Waals surface area contributed by atoms with Crippen molar-refractivity contribution >= 4 is 21.6 Å². The minimum absolute atomic E-state index is 0.277. The fraction of sp³-hybridized carbons (Fsp3) is 0.250. The first kappa shape index (κ1) is 13.3. The van der Waals surface area contributed by atoms with Crippen LogP contribution in [0.25, 0.3) is 0 Å². The van der Waals surface area contributed by atoms with Crippen LogP contribution < -0.4 is 14.8 Å². The van der Waals surface area contributed by atoms with E-state index in [4.69, 9.17) is 9.47 Å². The smallest absolute Gasteiger partial charge is 0.161 e. The molecule has 4 heteroatoms. The minimum Gasteiger partial charge on any atom is -0.493 e. The summed E-state index contributed by atoms with van der Waals surface area (Å²) in [6.45, 7) is 0. The molecule has 0 aromatic heterocycles. The normalized spacial score (nSPS) is 16.4. The number of nitrogens with one attached hydrogen (secondary N) is 1. The molecule has 0 bridgehead atoms. The summed E-state index contributed by atoms with van der Waals surface area (Å²) >= 11 is 3.52. The summed E-state index contributed by atoms with van der Waals surface area (Å²) in [6, 6.07) is 12.7. The second kappa shape index (κ2) is 5.37. The number of anilines is 1. The van der Waals surface area contributed by atoms with Gasteiger partial charge in [-0.05, 0) is 47.9 Å². The van der Waals surface area contributed by atoms with Gasteiger partial charge in [-0.2, -0.15) is 0 Å². The summed E-state index contributed by atoms with van der Waals surface area (Å²) in [7, 11) is 3.31. The monoisotopic (exact) mass is 333 g/mol. The lowest BCUT2D eigenvalue weighted by molar-refractivity contribution is 0.354. The topological polar surface area (TPSA) is 30.5 Å². The van der Waals surface area contributed by atoms with Crippen LogP contribution in [0.2, 0.25) is 0 Å². The molecule has 0 amide bonds. The van der Waals surface area contributed by atoms with Crippen molar-refractivity contribution in [2.75, 3.05) is 19.5 Å². The number of rotatable bonds is 3. The van der Waals surface area contributed by atoms with Crippen molar-refractivity contribution in [3.63, 3.8) is 0 Å². The van der Waals surface area contributed by atoms with Gasteiger partial charge >= 0.3 is 0 Å². The largest absolute Gasteiger partial charge is 0.493 e. The van der Waals surface area contributed by atoms with Gasteiger partial charge in [0, 0.05) is 10.2 Å². The van der Waals surface area contributed by atoms with Crippen LogP contribution in [0.1, 0.15) is 17.2 Å². The molecule has 3 rings (SSSR count). The highest BCUT2D eigenvalue weighted by molar-refractivity contribution is 9.10. The SMILES string of the molecule is COc1ccc(C2Cc3cc(Br)ccc3N2)cc1OC. The van der Waals surface area contributed by atoms with Gasteiger partial charge in [0.2, 0.25) is 0 Å². The molecule has 0 fully saturated rings. The van der Waals surface area contributed by atoms with Crippen LogP contribution >= 0.6 is 15.9 Å². The maximum Gasteiger partial charge on any atom is 0.161 e. The molecule has 0 aliphatic carbocycles. The molecule has 1 unspecified atom stereocenters. The molecule has 1 aliphatic heterocycles. The molecule has 1 aliphatic rings. The van der Waals surface area contributed by atoms with E-state index in [1.54, 1.807) is 14.2 Å². The lowest BCUT2D eigenvalue weighted by Gasteiger charge is -2.14. The van der Waals surface area contributed by atoms with Crippen LogP contribution in [-0.4, -0.2) is 14.2 Å². The average Bonchev–Trinajstić information content (AvgIpc) is 2.89. The Morgan fingerprint density at radius 3 is 2.60 bits per heavy atom. The summed E-state index contributed by atoms with van der Waals surface area (Å²) in [4.78, 5) is 0. The van der Waals surface area contributed by atoms with Crippen molar-refractivity contribution in [3.8, 4) is 11.5 Å². The van der Waals surface area contributed by atoms with Crippen LogP contribution in [-0.2, 0) is 6.42 Å². The minimum atomic E-state index is 0.277. The Kier molecular flexibility index (Phi) is 3.57. The second-order valence-electron chi connectivity index (χ2n) is 4.82. The number of hydrogen-bond acceptors (Lipinski definition) is 3. The predicted molar refractivity (Wildman–Crippen MR) is 83.8 cm³/mol. The zero-order chi connectivity index (χ0) is 14.1. The van der Waals surface area contributed by atoms with Crippen molar-refractivity contribution in [2.45, 2.75) is 12.5 Å². The first-order valence-corrected chi connectivity index (χ1v) is 7.27. The molecule has 2 aromatic carbocycles. The summed E-state index contributed by atoms with van der Waals surface area (Å²) < 4.78 is 11.8. The van der Waals surface area contributed by atoms with Gasteiger partial charge in [-0.3, -0.25) is 0 Å². The lowest BCUT2D eigenvalue weighted by Crippen LogP contribution is -2.06. The van der Waals surface area contributed by atoms with Crippen molar-refractivity contribution in [1.82, 2.24) is 0 Å². The van der Waals surface area contributed by atoms with Crippen molar-refractivity contribution in [3.05, 3.63) is 52.0 Å². The average molecular weight is 334 g/mol. The molecule has 0 saturated heterocycles. The molecule has 3 nitrogen and oxygen atoms in total. The zero-order valence-electron chi connectivity index (χ0n) is 11.4. The Morgan fingerprint density at radius 2 is 1.85 bits per heavy atom. The summed E-state index contributed by atoms with van der Waals surface area (Å²) in [5, 5.41) is 3.55. The van der Waals surface area contributed by atoms with E-state index in [1.807, 2.05) is 12.1 Å². The third-order valence-electron chi connectivity index (χ3n) is 3.63. The molecule has 0 spiro atoms. The Bertz CT molecular complexity index is 642. The van der Waals surface area contributed by atoms with Crippen LogP contribution in [0.15, 0.2) is 40.9 Å². The highest BCUT2D eigenvalue weighted by Gasteiger charge is 2.23. The van der Waals surface area contributed by atoms with Crippen molar-refractivity contribution < 1.29 is 9.47 Å². The number of benzene rings is 2. The van der Waals surface area contributed by atoms with E-state index in [0.29, 0.717) is 0 Å². The zero-order valence-corrected chi connectivity index (χ0v) is 13.0. The molecular formula is C16H16BrNO2. The fourth-order valence-corrected chi connectivity index (χ4v) is 3.01. The predicted octanol–water partition coefficient (Wildman–Crippen LogP) is 4.18. The van der Waals surface area contributed by atoms with E-state index in [-0.39, 0.29) is 6.04 Å². The summed E-state index contributed by atoms with van der Waals surface area (Å²) in [6.07, 6.45) is 0.976. The van der Waals surface area contributed by atoms with Gasteiger partial charge in [0.1, 0.15) is 0 Å². The summed E-state index contributed by atoms with van der Waals surface area (Å²) in [5.41, 5.74) is 3.74. The highest BCUT2D eigenvalue weighted by atomic mass is 79.9. The number of methoxy groups -OCH3 is 2. The van der Waals surface area contributed by atoms with E-state index in [1.165, 1.54) is 16.8 Å². The van der Waals surface area contributed by atoms with Gasteiger partial charge in [0.05, 0.1) is 20.3 Å². The van der Waals surface area contributed by atoms with E-state index >= 15 is 0 Å². The maximum absolute atomic E-state index is 5.37. The number of halogens is 1. The van der Waals surface area contributed by atoms with Gasteiger partial charge in [-0.15, -0.1) is 0 Å². The van der Waals surface area contributed by atoms with E-state index in [2.05, 4.69) is 45.5 Å². The number of hydrogen-bond donors (Lipinski definition) is 1. The van der Waals surface area contributed by atoms with Gasteiger partial charge < -0.3 is 14.8 Å². The fourth-order valence-electron chi connectivity index (χ4n) is 2.60. The van der Waals surface area contributed by atoms with Gasteiger partial charge in [0.25, 0.3) is 0 Å². The molecule has 0 radical (unpaired) electrons. The Hall–Kier alpha value is -1.68. The second-order valence-corrected chi connectivity index (χ2v) is 5.73. The Morgan fingerprint density at radius 1 is 1.05 bits per heavy atom. The third kappa shape index (κ3) is 2.36. The van der Waals surface area contributed by atoms with Crippen LogP contribution in [0, 0.1) is 0 Å². The molecular weight excluding hydrogens is 318 g/mol. The lowest BCUT2D eigenvalue weighted by atomic mass is 10.0.